The summed E-state index contributed by atoms with van der Waals surface area (Å²) >= 11 is 12.4. The van der Waals surface area contributed by atoms with Crippen LogP contribution in [0.2, 0.25) is 10.0 Å². The summed E-state index contributed by atoms with van der Waals surface area (Å²) in [6.45, 7) is 0.652. The fourth-order valence-corrected chi connectivity index (χ4v) is 3.28. The number of aromatic amines is 1. The molecule has 0 aliphatic rings. The third-order valence-electron chi connectivity index (χ3n) is 4.01. The third kappa shape index (κ3) is 5.33. The molecule has 3 rings (SSSR count). The molecule has 25 heavy (non-hydrogen) atoms. The Bertz CT molecular complexity index is 776. The first-order valence-electron chi connectivity index (χ1n) is 8.31. The number of halogens is 2. The molecule has 0 bridgehead atoms. The van der Waals surface area contributed by atoms with E-state index in [0.717, 1.165) is 24.2 Å². The number of aromatic nitrogens is 2. The van der Waals surface area contributed by atoms with Crippen molar-refractivity contribution in [2.24, 2.45) is 0 Å². The first-order valence-corrected chi connectivity index (χ1v) is 9.06. The van der Waals surface area contributed by atoms with E-state index in [1.54, 1.807) is 12.3 Å². The van der Waals surface area contributed by atoms with Crippen LogP contribution in [0.1, 0.15) is 29.5 Å². The molecule has 0 aliphatic carbocycles. The minimum atomic E-state index is -0.160. The van der Waals surface area contributed by atoms with Gasteiger partial charge in [-0.2, -0.15) is 0 Å². The van der Waals surface area contributed by atoms with Gasteiger partial charge in [-0.3, -0.25) is 0 Å². The smallest absolute Gasteiger partial charge is 0.108 e. The van der Waals surface area contributed by atoms with Crippen LogP contribution in [0, 0.1) is 0 Å². The van der Waals surface area contributed by atoms with E-state index in [-0.39, 0.29) is 6.10 Å². The number of nitrogens with one attached hydrogen (secondary N) is 1. The van der Waals surface area contributed by atoms with Crippen molar-refractivity contribution in [3.8, 4) is 0 Å². The molecule has 2 aromatic carbocycles. The predicted molar refractivity (Wildman–Crippen MR) is 102 cm³/mol. The summed E-state index contributed by atoms with van der Waals surface area (Å²) in [6.07, 6.45) is 5.97. The minimum Gasteiger partial charge on any atom is -0.373 e. The van der Waals surface area contributed by atoms with Crippen molar-refractivity contribution in [1.82, 2.24) is 9.97 Å². The highest BCUT2D eigenvalue weighted by atomic mass is 35.5. The van der Waals surface area contributed by atoms with Crippen LogP contribution in [0.25, 0.3) is 0 Å². The van der Waals surface area contributed by atoms with E-state index in [2.05, 4.69) is 34.2 Å². The van der Waals surface area contributed by atoms with E-state index in [1.165, 1.54) is 5.56 Å². The van der Waals surface area contributed by atoms with Crippen LogP contribution in [-0.4, -0.2) is 16.6 Å². The fraction of sp³-hybridized carbons (Fsp3) is 0.250. The van der Waals surface area contributed by atoms with E-state index in [1.807, 2.05) is 24.4 Å². The Morgan fingerprint density at radius 3 is 2.64 bits per heavy atom. The molecule has 5 heteroatoms. The molecule has 1 heterocycles. The maximum atomic E-state index is 6.38. The number of aryl methyl sites for hydroxylation is 1. The van der Waals surface area contributed by atoms with E-state index in [9.17, 15) is 0 Å². The van der Waals surface area contributed by atoms with Crippen molar-refractivity contribution in [3.63, 3.8) is 0 Å². The molecule has 130 valence electrons. The number of nitrogens with zero attached hydrogens (tertiary/aromatic N) is 1. The molecule has 0 spiro atoms. The van der Waals surface area contributed by atoms with Gasteiger partial charge in [-0.05, 0) is 36.1 Å². The minimum absolute atomic E-state index is 0.160. The summed E-state index contributed by atoms with van der Waals surface area (Å²) in [6, 6.07) is 15.9. The molecule has 0 amide bonds. The average Bonchev–Trinajstić information content (AvgIpc) is 3.12. The zero-order valence-electron chi connectivity index (χ0n) is 13.8. The number of ether oxygens (including phenoxy) is 1. The van der Waals surface area contributed by atoms with Gasteiger partial charge in [0.25, 0.3) is 0 Å². The predicted octanol–water partition coefficient (Wildman–Crippen LogP) is 5.65. The number of benzene rings is 2. The second-order valence-corrected chi connectivity index (χ2v) is 6.70. The van der Waals surface area contributed by atoms with Gasteiger partial charge < -0.3 is 9.72 Å². The van der Waals surface area contributed by atoms with Crippen molar-refractivity contribution >= 4 is 23.2 Å². The Kier molecular flexibility index (Phi) is 6.51. The summed E-state index contributed by atoms with van der Waals surface area (Å²) < 4.78 is 6.16. The highest BCUT2D eigenvalue weighted by Gasteiger charge is 2.17. The van der Waals surface area contributed by atoms with Gasteiger partial charge in [-0.25, -0.2) is 4.98 Å². The second kappa shape index (κ2) is 9.04. The molecule has 0 fully saturated rings. The zero-order valence-corrected chi connectivity index (χ0v) is 15.3. The summed E-state index contributed by atoms with van der Waals surface area (Å²) in [5, 5.41) is 1.24. The average molecular weight is 375 g/mol. The Morgan fingerprint density at radius 2 is 1.92 bits per heavy atom. The highest BCUT2D eigenvalue weighted by molar-refractivity contribution is 6.35. The number of imidazole rings is 1. The third-order valence-corrected chi connectivity index (χ3v) is 4.58. The van der Waals surface area contributed by atoms with Gasteiger partial charge in [0.1, 0.15) is 5.82 Å². The monoisotopic (exact) mass is 374 g/mol. The molecule has 0 radical (unpaired) electrons. The largest absolute Gasteiger partial charge is 0.373 e. The first kappa shape index (κ1) is 18.0. The molecule has 1 atom stereocenters. The number of H-pyrrole nitrogens is 1. The zero-order chi connectivity index (χ0) is 17.5. The normalized spacial score (nSPS) is 12.2. The molecule has 0 saturated carbocycles. The molecular formula is C20H20Cl2N2O. The van der Waals surface area contributed by atoms with Gasteiger partial charge in [-0.1, -0.05) is 59.6 Å². The summed E-state index contributed by atoms with van der Waals surface area (Å²) in [5.74, 6) is 0.874. The van der Waals surface area contributed by atoms with Crippen LogP contribution >= 0.6 is 23.2 Å². The Morgan fingerprint density at radius 1 is 1.08 bits per heavy atom. The van der Waals surface area contributed by atoms with Gasteiger partial charge in [0.05, 0.1) is 6.10 Å². The lowest BCUT2D eigenvalue weighted by Gasteiger charge is -2.19. The summed E-state index contributed by atoms with van der Waals surface area (Å²) in [5.41, 5.74) is 2.25. The molecule has 1 aromatic heterocycles. The standard InChI is InChI=1S/C20H20Cl2N2O/c21-16-8-9-17(18(22)13-16)19(14-20-23-10-11-24-20)25-12-4-7-15-5-2-1-3-6-15/h1-3,5-6,8-11,13,19H,4,7,12,14H2,(H,23,24). The molecule has 3 nitrogen and oxygen atoms in total. The maximum Gasteiger partial charge on any atom is 0.108 e. The van der Waals surface area contributed by atoms with Crippen molar-refractivity contribution in [2.45, 2.75) is 25.4 Å². The molecule has 0 saturated heterocycles. The number of rotatable bonds is 8. The lowest BCUT2D eigenvalue weighted by molar-refractivity contribution is 0.0502. The summed E-state index contributed by atoms with van der Waals surface area (Å²) in [7, 11) is 0. The Hall–Kier alpha value is -1.81. The van der Waals surface area contributed by atoms with Crippen molar-refractivity contribution in [2.75, 3.05) is 6.61 Å². The lowest BCUT2D eigenvalue weighted by Crippen LogP contribution is -2.11. The van der Waals surface area contributed by atoms with Crippen molar-refractivity contribution in [3.05, 3.63) is 87.9 Å². The topological polar surface area (TPSA) is 37.9 Å². The fourth-order valence-electron chi connectivity index (χ4n) is 2.75. The molecule has 1 unspecified atom stereocenters. The lowest BCUT2D eigenvalue weighted by atomic mass is 10.1. The first-order chi connectivity index (χ1) is 12.2. The van der Waals surface area contributed by atoms with Crippen LogP contribution in [0.4, 0.5) is 0 Å². The van der Waals surface area contributed by atoms with Crippen LogP contribution in [0.3, 0.4) is 0 Å². The van der Waals surface area contributed by atoms with E-state index < -0.39 is 0 Å². The Labute approximate surface area is 158 Å². The molecule has 1 N–H and O–H groups in total. The molecular weight excluding hydrogens is 355 g/mol. The molecule has 0 aliphatic heterocycles. The Balaban J connectivity index is 1.64. The van der Waals surface area contributed by atoms with Crippen LogP contribution in [0.5, 0.6) is 0 Å². The van der Waals surface area contributed by atoms with E-state index in [4.69, 9.17) is 27.9 Å². The van der Waals surface area contributed by atoms with Crippen LogP contribution in [-0.2, 0) is 17.6 Å². The van der Waals surface area contributed by atoms with Gasteiger partial charge in [0.2, 0.25) is 0 Å². The number of hydrogen-bond acceptors (Lipinski definition) is 2. The SMILES string of the molecule is Clc1ccc(C(Cc2ncc[nH]2)OCCCc2ccccc2)c(Cl)c1. The second-order valence-electron chi connectivity index (χ2n) is 5.85. The van der Waals surface area contributed by atoms with Crippen LogP contribution < -0.4 is 0 Å². The molecule has 3 aromatic rings. The van der Waals surface area contributed by atoms with Gasteiger partial charge in [0.15, 0.2) is 0 Å². The van der Waals surface area contributed by atoms with E-state index in [0.29, 0.717) is 23.1 Å². The van der Waals surface area contributed by atoms with Gasteiger partial charge in [0, 0.05) is 35.5 Å². The van der Waals surface area contributed by atoms with Crippen molar-refractivity contribution < 1.29 is 4.74 Å². The van der Waals surface area contributed by atoms with Gasteiger partial charge >= 0.3 is 0 Å². The van der Waals surface area contributed by atoms with E-state index >= 15 is 0 Å². The maximum absolute atomic E-state index is 6.38. The summed E-state index contributed by atoms with van der Waals surface area (Å²) in [4.78, 5) is 7.42. The highest BCUT2D eigenvalue weighted by Crippen LogP contribution is 2.30. The van der Waals surface area contributed by atoms with Gasteiger partial charge in [-0.15, -0.1) is 0 Å². The van der Waals surface area contributed by atoms with Crippen LogP contribution in [0.15, 0.2) is 60.9 Å². The quantitative estimate of drug-likeness (QED) is 0.517. The number of hydrogen-bond donors (Lipinski definition) is 1. The van der Waals surface area contributed by atoms with Crippen molar-refractivity contribution in [1.29, 1.82) is 0 Å².